The second-order valence-corrected chi connectivity index (χ2v) is 6.80. The van der Waals surface area contributed by atoms with Crippen LogP contribution < -0.4 is 10.5 Å². The van der Waals surface area contributed by atoms with Gasteiger partial charge in [-0.05, 0) is 18.6 Å². The topological polar surface area (TPSA) is 97.5 Å². The zero-order valence-electron chi connectivity index (χ0n) is 12.2. The molecule has 0 amide bonds. The largest absolute Gasteiger partial charge is 0.379 e. The maximum absolute atomic E-state index is 12.2. The molecule has 1 saturated heterocycles. The third-order valence-electron chi connectivity index (χ3n) is 3.30. The van der Waals surface area contributed by atoms with Crippen LogP contribution >= 0.6 is 0 Å². The standard InChI is InChI=1S/C13H22N4O3S/c1-11(10-17-4-6-20-7-5-17)16-21(18,19)13-3-2-12(8-14)9-15-13/h2-3,9,11,16H,4-8,10,14H2,1H3. The summed E-state index contributed by atoms with van der Waals surface area (Å²) >= 11 is 0. The average molecular weight is 314 g/mol. The molecule has 2 rings (SSSR count). The summed E-state index contributed by atoms with van der Waals surface area (Å²) in [4.78, 5) is 6.14. The first-order valence-corrected chi connectivity index (χ1v) is 8.47. The molecule has 8 heteroatoms. The second-order valence-electron chi connectivity index (χ2n) is 5.14. The van der Waals surface area contributed by atoms with Crippen LogP contribution in [0.2, 0.25) is 0 Å². The normalized spacial score (nSPS) is 18.6. The average Bonchev–Trinajstić information content (AvgIpc) is 2.47. The van der Waals surface area contributed by atoms with Crippen molar-refractivity contribution >= 4 is 10.0 Å². The fraction of sp³-hybridized carbons (Fsp3) is 0.615. The lowest BCUT2D eigenvalue weighted by Crippen LogP contribution is -2.46. The molecule has 0 aromatic carbocycles. The summed E-state index contributed by atoms with van der Waals surface area (Å²) in [6, 6.07) is 2.96. The smallest absolute Gasteiger partial charge is 0.258 e. The van der Waals surface area contributed by atoms with Gasteiger partial charge in [0.05, 0.1) is 13.2 Å². The highest BCUT2D eigenvalue weighted by molar-refractivity contribution is 7.89. The predicted molar refractivity (Wildman–Crippen MR) is 79.2 cm³/mol. The van der Waals surface area contributed by atoms with Crippen LogP contribution in [0.25, 0.3) is 0 Å². The number of morpholine rings is 1. The van der Waals surface area contributed by atoms with E-state index in [2.05, 4.69) is 14.6 Å². The third kappa shape index (κ3) is 4.72. The molecular formula is C13H22N4O3S. The number of aromatic nitrogens is 1. The SMILES string of the molecule is CC(CN1CCOCC1)NS(=O)(=O)c1ccc(CN)cn1. The Labute approximate surface area is 125 Å². The van der Waals surface area contributed by atoms with Gasteiger partial charge in [0.15, 0.2) is 5.03 Å². The van der Waals surface area contributed by atoms with Gasteiger partial charge in [0, 0.05) is 38.4 Å². The van der Waals surface area contributed by atoms with Crippen LogP contribution in [0, 0.1) is 0 Å². The van der Waals surface area contributed by atoms with Gasteiger partial charge in [-0.3, -0.25) is 4.90 Å². The highest BCUT2D eigenvalue weighted by Gasteiger charge is 2.21. The van der Waals surface area contributed by atoms with Crippen LogP contribution in [-0.4, -0.2) is 57.2 Å². The number of hydrogen-bond acceptors (Lipinski definition) is 6. The molecule has 2 heterocycles. The molecule has 1 aliphatic heterocycles. The van der Waals surface area contributed by atoms with Crippen LogP contribution in [0.1, 0.15) is 12.5 Å². The van der Waals surface area contributed by atoms with Gasteiger partial charge < -0.3 is 10.5 Å². The molecule has 3 N–H and O–H groups in total. The molecule has 7 nitrogen and oxygen atoms in total. The summed E-state index contributed by atoms with van der Waals surface area (Å²) < 4.78 is 32.4. The van der Waals surface area contributed by atoms with E-state index in [1.807, 2.05) is 6.92 Å². The fourth-order valence-electron chi connectivity index (χ4n) is 2.22. The minimum Gasteiger partial charge on any atom is -0.379 e. The zero-order chi connectivity index (χ0) is 15.3. The van der Waals surface area contributed by atoms with Crippen LogP contribution in [-0.2, 0) is 21.3 Å². The van der Waals surface area contributed by atoms with Gasteiger partial charge in [0.1, 0.15) is 0 Å². The van der Waals surface area contributed by atoms with Crippen molar-refractivity contribution in [3.8, 4) is 0 Å². The van der Waals surface area contributed by atoms with Gasteiger partial charge in [-0.25, -0.2) is 18.1 Å². The van der Waals surface area contributed by atoms with Crippen molar-refractivity contribution in [2.45, 2.75) is 24.5 Å². The number of nitrogens with one attached hydrogen (secondary N) is 1. The molecule has 0 radical (unpaired) electrons. The minimum atomic E-state index is -3.60. The first-order valence-electron chi connectivity index (χ1n) is 6.98. The van der Waals surface area contributed by atoms with E-state index in [0.717, 1.165) is 18.7 Å². The summed E-state index contributed by atoms with van der Waals surface area (Å²) in [5.74, 6) is 0. The summed E-state index contributed by atoms with van der Waals surface area (Å²) in [5.41, 5.74) is 6.27. The van der Waals surface area contributed by atoms with Crippen LogP contribution in [0.3, 0.4) is 0 Å². The van der Waals surface area contributed by atoms with Gasteiger partial charge in [0.25, 0.3) is 10.0 Å². The Morgan fingerprint density at radius 1 is 1.43 bits per heavy atom. The van der Waals surface area contributed by atoms with Gasteiger partial charge in [-0.1, -0.05) is 6.07 Å². The molecule has 0 bridgehead atoms. The fourth-order valence-corrected chi connectivity index (χ4v) is 3.39. The maximum Gasteiger partial charge on any atom is 0.258 e. The summed E-state index contributed by atoms with van der Waals surface area (Å²) in [6.07, 6.45) is 1.49. The van der Waals surface area contributed by atoms with Crippen LogP contribution in [0.15, 0.2) is 23.4 Å². The summed E-state index contributed by atoms with van der Waals surface area (Å²) in [6.45, 7) is 5.90. The highest BCUT2D eigenvalue weighted by atomic mass is 32.2. The van der Waals surface area contributed by atoms with Gasteiger partial charge in [-0.2, -0.15) is 0 Å². The summed E-state index contributed by atoms with van der Waals surface area (Å²) in [5, 5.41) is 0.0218. The van der Waals surface area contributed by atoms with E-state index in [-0.39, 0.29) is 11.1 Å². The molecule has 1 aliphatic rings. The van der Waals surface area contributed by atoms with Gasteiger partial charge in [0.2, 0.25) is 0 Å². The van der Waals surface area contributed by atoms with Gasteiger partial charge >= 0.3 is 0 Å². The second kappa shape index (κ2) is 7.28. The minimum absolute atomic E-state index is 0.0218. The Balaban J connectivity index is 1.95. The summed E-state index contributed by atoms with van der Waals surface area (Å²) in [7, 11) is -3.60. The van der Waals surface area contributed by atoms with E-state index >= 15 is 0 Å². The molecule has 0 aliphatic carbocycles. The number of nitrogens with two attached hydrogens (primary N) is 1. The molecule has 1 atom stereocenters. The highest BCUT2D eigenvalue weighted by Crippen LogP contribution is 2.08. The first-order chi connectivity index (χ1) is 10.0. The molecule has 1 fully saturated rings. The van der Waals surface area contributed by atoms with E-state index in [1.54, 1.807) is 6.07 Å². The van der Waals surface area contributed by atoms with Gasteiger partial charge in [-0.15, -0.1) is 0 Å². The number of ether oxygens (including phenoxy) is 1. The lowest BCUT2D eigenvalue weighted by molar-refractivity contribution is 0.0354. The molecular weight excluding hydrogens is 292 g/mol. The monoisotopic (exact) mass is 314 g/mol. The van der Waals surface area contributed by atoms with E-state index in [1.165, 1.54) is 12.3 Å². The number of nitrogens with zero attached hydrogens (tertiary/aromatic N) is 2. The lowest BCUT2D eigenvalue weighted by atomic mass is 10.3. The molecule has 1 aromatic heterocycles. The van der Waals surface area contributed by atoms with Crippen molar-refractivity contribution in [2.75, 3.05) is 32.8 Å². The van der Waals surface area contributed by atoms with Crippen molar-refractivity contribution in [3.63, 3.8) is 0 Å². The number of rotatable bonds is 6. The Bertz CT molecular complexity index is 541. The van der Waals surface area contributed by atoms with E-state index in [9.17, 15) is 8.42 Å². The van der Waals surface area contributed by atoms with E-state index in [4.69, 9.17) is 10.5 Å². The van der Waals surface area contributed by atoms with Crippen molar-refractivity contribution in [2.24, 2.45) is 5.73 Å². The van der Waals surface area contributed by atoms with Crippen molar-refractivity contribution in [3.05, 3.63) is 23.9 Å². The maximum atomic E-state index is 12.2. The molecule has 118 valence electrons. The number of sulfonamides is 1. The number of pyridine rings is 1. The quantitative estimate of drug-likeness (QED) is 0.737. The van der Waals surface area contributed by atoms with Crippen molar-refractivity contribution < 1.29 is 13.2 Å². The van der Waals surface area contributed by atoms with E-state index in [0.29, 0.717) is 26.3 Å². The molecule has 1 aromatic rings. The molecule has 0 spiro atoms. The van der Waals surface area contributed by atoms with Crippen LogP contribution in [0.5, 0.6) is 0 Å². The Hall–Kier alpha value is -1.06. The number of hydrogen-bond donors (Lipinski definition) is 2. The van der Waals surface area contributed by atoms with Crippen LogP contribution in [0.4, 0.5) is 0 Å². The molecule has 0 saturated carbocycles. The van der Waals surface area contributed by atoms with E-state index < -0.39 is 10.0 Å². The third-order valence-corrected chi connectivity index (χ3v) is 4.81. The molecule has 21 heavy (non-hydrogen) atoms. The molecule has 1 unspecified atom stereocenters. The zero-order valence-corrected chi connectivity index (χ0v) is 13.0. The lowest BCUT2D eigenvalue weighted by Gasteiger charge is -2.29. The van der Waals surface area contributed by atoms with Crippen molar-refractivity contribution in [1.29, 1.82) is 0 Å². The van der Waals surface area contributed by atoms with Crippen molar-refractivity contribution in [1.82, 2.24) is 14.6 Å². The Kier molecular flexibility index (Phi) is 5.65. The Morgan fingerprint density at radius 2 is 2.14 bits per heavy atom. The predicted octanol–water partition coefficient (Wildman–Crippen LogP) is -0.461. The first kappa shape index (κ1) is 16.3. The Morgan fingerprint density at radius 3 is 2.71 bits per heavy atom.